The van der Waals surface area contributed by atoms with Gasteiger partial charge in [0.15, 0.2) is 0 Å². The number of fused-ring (bicyclic) bond motifs is 1. The maximum Gasteiger partial charge on any atom is 0.406 e. The lowest BCUT2D eigenvalue weighted by molar-refractivity contribution is -0.140. The standard InChI is InChI=1S/C28H22Cl3F5N4O4S/c1-44-19-9-15-12-39(11-14(15)8-18(19)40-7-3-6-38(26(40)43)13-27(32,33)34)25(42)22-20(10-21(28(31,35)36)37-24(22)41)45-23-16(29)4-2-5-17(23)30/h2,4-5,8-10H,3,6-7,11-13H2,1H3,(H,37,41). The molecule has 5 rings (SSSR count). The summed E-state index contributed by atoms with van der Waals surface area (Å²) in [5.74, 6) is -0.616. The first-order chi connectivity index (χ1) is 21.1. The van der Waals surface area contributed by atoms with Crippen LogP contribution in [0.1, 0.15) is 33.6 Å². The molecule has 1 saturated heterocycles. The van der Waals surface area contributed by atoms with E-state index in [0.29, 0.717) is 16.0 Å². The first kappa shape index (κ1) is 33.2. The largest absolute Gasteiger partial charge is 0.495 e. The van der Waals surface area contributed by atoms with Gasteiger partial charge in [-0.15, -0.1) is 0 Å². The molecule has 0 atom stereocenters. The molecule has 2 aliphatic rings. The number of urea groups is 1. The third-order valence-electron chi connectivity index (χ3n) is 7.13. The fourth-order valence-corrected chi connectivity index (χ4v) is 6.86. The maximum atomic E-state index is 14.1. The summed E-state index contributed by atoms with van der Waals surface area (Å²) >= 11 is 18.5. The maximum absolute atomic E-state index is 14.1. The van der Waals surface area contributed by atoms with Gasteiger partial charge in [0, 0.05) is 36.0 Å². The Balaban J connectivity index is 1.48. The fourth-order valence-electron chi connectivity index (χ4n) is 5.12. The average Bonchev–Trinajstić information content (AvgIpc) is 3.37. The van der Waals surface area contributed by atoms with Crippen LogP contribution in [-0.2, 0) is 18.5 Å². The van der Waals surface area contributed by atoms with E-state index >= 15 is 0 Å². The van der Waals surface area contributed by atoms with Gasteiger partial charge in [-0.25, -0.2) is 4.79 Å². The minimum absolute atomic E-state index is 0.0250. The first-order valence-electron chi connectivity index (χ1n) is 13.2. The Morgan fingerprint density at radius 3 is 2.27 bits per heavy atom. The molecule has 1 N–H and O–H groups in total. The van der Waals surface area contributed by atoms with Crippen LogP contribution in [0.5, 0.6) is 5.75 Å². The number of ether oxygens (including phenoxy) is 1. The number of carbonyl (C=O) groups excluding carboxylic acids is 2. The van der Waals surface area contributed by atoms with E-state index in [0.717, 1.165) is 17.8 Å². The van der Waals surface area contributed by atoms with Gasteiger partial charge < -0.3 is 19.5 Å². The summed E-state index contributed by atoms with van der Waals surface area (Å²) in [4.78, 5) is 45.2. The van der Waals surface area contributed by atoms with E-state index in [1.54, 1.807) is 18.2 Å². The van der Waals surface area contributed by atoms with E-state index in [9.17, 15) is 36.3 Å². The highest BCUT2D eigenvalue weighted by Crippen LogP contribution is 2.42. The summed E-state index contributed by atoms with van der Waals surface area (Å²) < 4.78 is 72.8. The van der Waals surface area contributed by atoms with Crippen molar-refractivity contribution in [3.05, 3.63) is 79.2 Å². The number of anilines is 1. The van der Waals surface area contributed by atoms with E-state index in [2.05, 4.69) is 0 Å². The molecular weight excluding hydrogens is 690 g/mol. The van der Waals surface area contributed by atoms with Crippen LogP contribution in [0.4, 0.5) is 32.4 Å². The van der Waals surface area contributed by atoms with Crippen molar-refractivity contribution in [1.82, 2.24) is 14.8 Å². The number of hydrogen-bond donors (Lipinski definition) is 1. The van der Waals surface area contributed by atoms with Crippen LogP contribution in [-0.4, -0.2) is 59.6 Å². The number of nitrogens with zero attached hydrogens (tertiary/aromatic N) is 3. The number of hydrogen-bond acceptors (Lipinski definition) is 5. The van der Waals surface area contributed by atoms with Crippen molar-refractivity contribution in [2.45, 2.75) is 40.9 Å². The Morgan fingerprint density at radius 1 is 1.02 bits per heavy atom. The van der Waals surface area contributed by atoms with Gasteiger partial charge in [-0.05, 0) is 59.5 Å². The lowest BCUT2D eigenvalue weighted by Gasteiger charge is -2.36. The summed E-state index contributed by atoms with van der Waals surface area (Å²) in [5.41, 5.74) is -1.18. The Kier molecular flexibility index (Phi) is 9.24. The van der Waals surface area contributed by atoms with Gasteiger partial charge >= 0.3 is 17.6 Å². The number of nitrogens with one attached hydrogen (secondary N) is 1. The molecule has 1 fully saturated rings. The molecule has 0 radical (unpaired) electrons. The Hall–Kier alpha value is -3.20. The molecule has 0 bridgehead atoms. The van der Waals surface area contributed by atoms with Gasteiger partial charge in [0.05, 0.1) is 22.8 Å². The second kappa shape index (κ2) is 12.5. The number of amides is 3. The molecule has 3 amide bonds. The zero-order valence-electron chi connectivity index (χ0n) is 23.1. The molecule has 45 heavy (non-hydrogen) atoms. The number of carbonyl (C=O) groups is 2. The van der Waals surface area contributed by atoms with Crippen molar-refractivity contribution in [2.24, 2.45) is 0 Å². The SMILES string of the molecule is COc1cc2c(cc1N1CCCN(CC(F)(F)F)C1=O)CN(C(=O)c1c(Sc3c(Cl)cccc3Cl)cc(C(F)(F)Cl)[nH]c1=O)C2. The van der Waals surface area contributed by atoms with Crippen LogP contribution < -0.4 is 15.2 Å². The highest BCUT2D eigenvalue weighted by molar-refractivity contribution is 7.99. The second-order valence-corrected chi connectivity index (χ2v) is 12.5. The summed E-state index contributed by atoms with van der Waals surface area (Å²) in [6.07, 6.45) is -4.30. The lowest BCUT2D eigenvalue weighted by Crippen LogP contribution is -2.52. The number of alkyl halides is 6. The third-order valence-corrected chi connectivity index (χ3v) is 9.37. The highest BCUT2D eigenvalue weighted by atomic mass is 35.5. The minimum atomic E-state index is -4.58. The smallest absolute Gasteiger partial charge is 0.406 e. The highest BCUT2D eigenvalue weighted by Gasteiger charge is 2.39. The zero-order chi connectivity index (χ0) is 32.8. The number of aromatic amines is 1. The summed E-state index contributed by atoms with van der Waals surface area (Å²) in [7, 11) is 1.34. The number of halogens is 8. The van der Waals surface area contributed by atoms with E-state index < -0.39 is 46.9 Å². The summed E-state index contributed by atoms with van der Waals surface area (Å²) in [6, 6.07) is 7.71. The molecule has 8 nitrogen and oxygen atoms in total. The van der Waals surface area contributed by atoms with Crippen molar-refractivity contribution >= 4 is 64.2 Å². The molecule has 3 aromatic rings. The normalized spacial score (nSPS) is 15.5. The van der Waals surface area contributed by atoms with Crippen LogP contribution >= 0.6 is 46.6 Å². The molecule has 0 unspecified atom stereocenters. The molecule has 1 aromatic heterocycles. The number of benzene rings is 2. The molecule has 0 aliphatic carbocycles. The van der Waals surface area contributed by atoms with Crippen molar-refractivity contribution in [2.75, 3.05) is 31.6 Å². The van der Waals surface area contributed by atoms with Gasteiger partial charge in [-0.1, -0.05) is 41.0 Å². The monoisotopic (exact) mass is 710 g/mol. The number of aromatic nitrogens is 1. The topological polar surface area (TPSA) is 85.9 Å². The number of pyridine rings is 1. The molecule has 3 heterocycles. The van der Waals surface area contributed by atoms with Crippen LogP contribution in [0, 0.1) is 0 Å². The Bertz CT molecular complexity index is 1710. The average molecular weight is 712 g/mol. The molecular formula is C28H22Cl3F5N4O4S. The van der Waals surface area contributed by atoms with Gasteiger partial charge in [0.2, 0.25) is 0 Å². The summed E-state index contributed by atoms with van der Waals surface area (Å²) in [6.45, 7) is -1.41. The Labute approximate surface area is 272 Å². The number of rotatable bonds is 7. The van der Waals surface area contributed by atoms with E-state index in [1.165, 1.54) is 29.0 Å². The number of H-pyrrole nitrogens is 1. The Morgan fingerprint density at radius 2 is 1.67 bits per heavy atom. The van der Waals surface area contributed by atoms with Crippen LogP contribution in [0.25, 0.3) is 0 Å². The van der Waals surface area contributed by atoms with Crippen LogP contribution in [0.2, 0.25) is 10.0 Å². The molecule has 0 saturated carbocycles. The molecule has 240 valence electrons. The number of methoxy groups -OCH3 is 1. The van der Waals surface area contributed by atoms with Gasteiger partial charge in [-0.3, -0.25) is 14.5 Å². The van der Waals surface area contributed by atoms with Gasteiger partial charge in [0.25, 0.3) is 11.5 Å². The fraction of sp³-hybridized carbons (Fsp3) is 0.321. The van der Waals surface area contributed by atoms with E-state index in [-0.39, 0.29) is 63.9 Å². The predicted molar refractivity (Wildman–Crippen MR) is 159 cm³/mol. The first-order valence-corrected chi connectivity index (χ1v) is 15.1. The van der Waals surface area contributed by atoms with Crippen molar-refractivity contribution in [3.8, 4) is 5.75 Å². The molecule has 0 spiro atoms. The van der Waals surface area contributed by atoms with Gasteiger partial charge in [0.1, 0.15) is 23.6 Å². The molecule has 17 heteroatoms. The predicted octanol–water partition coefficient (Wildman–Crippen LogP) is 7.48. The van der Waals surface area contributed by atoms with Gasteiger partial charge in [-0.2, -0.15) is 22.0 Å². The summed E-state index contributed by atoms with van der Waals surface area (Å²) in [5, 5.41) is -3.65. The zero-order valence-corrected chi connectivity index (χ0v) is 26.2. The van der Waals surface area contributed by atoms with E-state index in [1.807, 2.05) is 4.98 Å². The van der Waals surface area contributed by atoms with Crippen molar-refractivity contribution < 1.29 is 36.3 Å². The molecule has 2 aromatic carbocycles. The van der Waals surface area contributed by atoms with E-state index in [4.69, 9.17) is 39.5 Å². The van der Waals surface area contributed by atoms with Crippen molar-refractivity contribution in [1.29, 1.82) is 0 Å². The molecule has 2 aliphatic heterocycles. The second-order valence-electron chi connectivity index (χ2n) is 10.2. The van der Waals surface area contributed by atoms with Crippen molar-refractivity contribution in [3.63, 3.8) is 0 Å². The van der Waals surface area contributed by atoms with Crippen LogP contribution in [0.3, 0.4) is 0 Å². The van der Waals surface area contributed by atoms with Crippen LogP contribution in [0.15, 0.2) is 51.0 Å². The quantitative estimate of drug-likeness (QED) is 0.203. The third kappa shape index (κ3) is 6.98. The minimum Gasteiger partial charge on any atom is -0.495 e. The lowest BCUT2D eigenvalue weighted by atomic mass is 10.1.